The van der Waals surface area contributed by atoms with Crippen LogP contribution in [0.1, 0.15) is 38.2 Å². The van der Waals surface area contributed by atoms with Crippen LogP contribution in [0.3, 0.4) is 0 Å². The molecule has 0 aliphatic heterocycles. The number of carbonyl (C=O) groups is 1. The Bertz CT molecular complexity index is 374. The second-order valence-corrected chi connectivity index (χ2v) is 4.93. The topological polar surface area (TPSA) is 64.3 Å². The van der Waals surface area contributed by atoms with Crippen molar-refractivity contribution in [3.63, 3.8) is 0 Å². The maximum atomic E-state index is 11.7. The number of nitrogens with two attached hydrogens (primary N) is 1. The summed E-state index contributed by atoms with van der Waals surface area (Å²) in [6.07, 6.45) is 3.54. The minimum atomic E-state index is 0. The summed E-state index contributed by atoms with van der Waals surface area (Å²) < 4.78 is 5.49. The van der Waals surface area contributed by atoms with E-state index in [9.17, 15) is 4.79 Å². The number of nitrogens with one attached hydrogen (secondary N) is 1. The van der Waals surface area contributed by atoms with Crippen LogP contribution in [0.5, 0.6) is 0 Å². The number of hydrogen-bond acceptors (Lipinski definition) is 3. The molecule has 0 saturated carbocycles. The molecule has 0 bridgehead atoms. The van der Waals surface area contributed by atoms with Crippen LogP contribution in [0, 0.1) is 0 Å². The van der Waals surface area contributed by atoms with Gasteiger partial charge in [-0.05, 0) is 12.0 Å². The predicted octanol–water partition coefficient (Wildman–Crippen LogP) is 2.65. The molecule has 0 aliphatic rings. The van der Waals surface area contributed by atoms with Crippen LogP contribution >= 0.6 is 12.4 Å². The number of carbonyl (C=O) groups excluding carboxylic acids is 1. The summed E-state index contributed by atoms with van der Waals surface area (Å²) in [5.41, 5.74) is 6.77. The molecule has 0 aliphatic carbocycles. The van der Waals surface area contributed by atoms with E-state index in [1.165, 1.54) is 0 Å². The lowest BCUT2D eigenvalue weighted by atomic mass is 10.1. The molecule has 1 unspecified atom stereocenters. The number of hydrogen-bond donors (Lipinski definition) is 2. The lowest BCUT2D eigenvalue weighted by Crippen LogP contribution is -2.40. The Morgan fingerprint density at radius 3 is 2.67 bits per heavy atom. The third-order valence-electron chi connectivity index (χ3n) is 3.14. The Kier molecular flexibility index (Phi) is 12.0. The molecule has 1 aromatic carbocycles. The van der Waals surface area contributed by atoms with Crippen LogP contribution in [-0.4, -0.2) is 25.1 Å². The SMILES string of the molecule is CCCCC(CN)NC(=O)CCOCc1ccccc1.Cl. The molecule has 1 rings (SSSR count). The molecule has 120 valence electrons. The largest absolute Gasteiger partial charge is 0.376 e. The number of rotatable bonds is 10. The number of amides is 1. The molecule has 1 aromatic rings. The highest BCUT2D eigenvalue weighted by Crippen LogP contribution is 2.02. The van der Waals surface area contributed by atoms with Crippen LogP contribution in [0.4, 0.5) is 0 Å². The Morgan fingerprint density at radius 2 is 2.05 bits per heavy atom. The first-order chi connectivity index (χ1) is 9.76. The molecule has 3 N–H and O–H groups in total. The minimum absolute atomic E-state index is 0. The molecule has 5 heteroatoms. The highest BCUT2D eigenvalue weighted by Gasteiger charge is 2.09. The van der Waals surface area contributed by atoms with Gasteiger partial charge in [-0.3, -0.25) is 4.79 Å². The second-order valence-electron chi connectivity index (χ2n) is 4.93. The monoisotopic (exact) mass is 314 g/mol. The smallest absolute Gasteiger partial charge is 0.222 e. The molecule has 0 spiro atoms. The summed E-state index contributed by atoms with van der Waals surface area (Å²) in [5, 5.41) is 2.96. The van der Waals surface area contributed by atoms with E-state index < -0.39 is 0 Å². The van der Waals surface area contributed by atoms with Crippen molar-refractivity contribution in [3.8, 4) is 0 Å². The van der Waals surface area contributed by atoms with E-state index in [0.717, 1.165) is 24.8 Å². The zero-order valence-electron chi connectivity index (χ0n) is 12.7. The highest BCUT2D eigenvalue weighted by atomic mass is 35.5. The summed E-state index contributed by atoms with van der Waals surface area (Å²) in [4.78, 5) is 11.7. The second kappa shape index (κ2) is 12.6. The predicted molar refractivity (Wildman–Crippen MR) is 88.5 cm³/mol. The van der Waals surface area contributed by atoms with Gasteiger partial charge in [0.1, 0.15) is 0 Å². The van der Waals surface area contributed by atoms with E-state index >= 15 is 0 Å². The lowest BCUT2D eigenvalue weighted by Gasteiger charge is -2.16. The molecule has 0 aromatic heterocycles. The molecule has 0 radical (unpaired) electrons. The molecule has 0 fully saturated rings. The van der Waals surface area contributed by atoms with Gasteiger partial charge in [-0.15, -0.1) is 12.4 Å². The molecule has 1 amide bonds. The van der Waals surface area contributed by atoms with Crippen molar-refractivity contribution in [3.05, 3.63) is 35.9 Å². The fourth-order valence-electron chi connectivity index (χ4n) is 1.93. The Morgan fingerprint density at radius 1 is 1.33 bits per heavy atom. The Hall–Kier alpha value is -1.10. The lowest BCUT2D eigenvalue weighted by molar-refractivity contribution is -0.123. The van der Waals surface area contributed by atoms with Crippen LogP contribution < -0.4 is 11.1 Å². The van der Waals surface area contributed by atoms with Gasteiger partial charge in [-0.25, -0.2) is 0 Å². The Labute approximate surface area is 133 Å². The third-order valence-corrected chi connectivity index (χ3v) is 3.14. The van der Waals surface area contributed by atoms with Gasteiger partial charge in [-0.2, -0.15) is 0 Å². The van der Waals surface area contributed by atoms with Crippen molar-refractivity contribution in [1.29, 1.82) is 0 Å². The van der Waals surface area contributed by atoms with Crippen LogP contribution in [-0.2, 0) is 16.1 Å². The van der Waals surface area contributed by atoms with E-state index in [-0.39, 0.29) is 24.4 Å². The quantitative estimate of drug-likeness (QED) is 0.653. The molecule has 0 saturated heterocycles. The van der Waals surface area contributed by atoms with Crippen molar-refractivity contribution in [2.75, 3.05) is 13.2 Å². The number of benzene rings is 1. The normalized spacial score (nSPS) is 11.5. The van der Waals surface area contributed by atoms with Gasteiger partial charge in [-0.1, -0.05) is 50.1 Å². The Balaban J connectivity index is 0.00000400. The number of ether oxygens (including phenoxy) is 1. The van der Waals surface area contributed by atoms with Crippen molar-refractivity contribution in [1.82, 2.24) is 5.32 Å². The molecule has 0 heterocycles. The van der Waals surface area contributed by atoms with Gasteiger partial charge >= 0.3 is 0 Å². The van der Waals surface area contributed by atoms with E-state index in [4.69, 9.17) is 10.5 Å². The van der Waals surface area contributed by atoms with Crippen molar-refractivity contribution in [2.45, 2.75) is 45.3 Å². The zero-order valence-corrected chi connectivity index (χ0v) is 13.5. The molecular formula is C16H27ClN2O2. The summed E-state index contributed by atoms with van der Waals surface area (Å²) in [6, 6.07) is 10.0. The van der Waals surface area contributed by atoms with E-state index in [1.807, 2.05) is 30.3 Å². The van der Waals surface area contributed by atoms with Gasteiger partial charge in [0.25, 0.3) is 0 Å². The average Bonchev–Trinajstić information content (AvgIpc) is 2.49. The van der Waals surface area contributed by atoms with Crippen LogP contribution in [0.2, 0.25) is 0 Å². The third kappa shape index (κ3) is 9.45. The fourth-order valence-corrected chi connectivity index (χ4v) is 1.93. The average molecular weight is 315 g/mol. The van der Waals surface area contributed by atoms with Crippen molar-refractivity contribution in [2.24, 2.45) is 5.73 Å². The summed E-state index contributed by atoms with van der Waals surface area (Å²) >= 11 is 0. The van der Waals surface area contributed by atoms with E-state index in [2.05, 4.69) is 12.2 Å². The first-order valence-corrected chi connectivity index (χ1v) is 7.37. The first kappa shape index (κ1) is 19.9. The summed E-state index contributed by atoms with van der Waals surface area (Å²) in [5.74, 6) is 0.0182. The van der Waals surface area contributed by atoms with Gasteiger partial charge in [0.05, 0.1) is 13.2 Å². The fraction of sp³-hybridized carbons (Fsp3) is 0.562. The molecule has 21 heavy (non-hydrogen) atoms. The number of halogens is 1. The van der Waals surface area contributed by atoms with E-state index in [0.29, 0.717) is 26.2 Å². The summed E-state index contributed by atoms with van der Waals surface area (Å²) in [7, 11) is 0. The van der Waals surface area contributed by atoms with Crippen LogP contribution in [0.25, 0.3) is 0 Å². The van der Waals surface area contributed by atoms with Gasteiger partial charge in [0, 0.05) is 19.0 Å². The van der Waals surface area contributed by atoms with E-state index in [1.54, 1.807) is 0 Å². The standard InChI is InChI=1S/C16H26N2O2.ClH/c1-2-3-9-15(12-17)18-16(19)10-11-20-13-14-7-5-4-6-8-14;/h4-8,15H,2-3,9-13,17H2,1H3,(H,18,19);1H. The first-order valence-electron chi connectivity index (χ1n) is 7.37. The minimum Gasteiger partial charge on any atom is -0.376 e. The highest BCUT2D eigenvalue weighted by molar-refractivity contribution is 5.85. The van der Waals surface area contributed by atoms with Crippen LogP contribution in [0.15, 0.2) is 30.3 Å². The molecule has 1 atom stereocenters. The molecular weight excluding hydrogens is 288 g/mol. The van der Waals surface area contributed by atoms with Gasteiger partial charge in [0.15, 0.2) is 0 Å². The van der Waals surface area contributed by atoms with Crippen molar-refractivity contribution >= 4 is 18.3 Å². The zero-order chi connectivity index (χ0) is 14.6. The van der Waals surface area contributed by atoms with Gasteiger partial charge < -0.3 is 15.8 Å². The molecule has 4 nitrogen and oxygen atoms in total. The maximum Gasteiger partial charge on any atom is 0.222 e. The van der Waals surface area contributed by atoms with Crippen molar-refractivity contribution < 1.29 is 9.53 Å². The number of unbranched alkanes of at least 4 members (excludes halogenated alkanes) is 1. The summed E-state index contributed by atoms with van der Waals surface area (Å²) in [6.45, 7) is 3.61. The van der Waals surface area contributed by atoms with Gasteiger partial charge in [0.2, 0.25) is 5.91 Å². The maximum absolute atomic E-state index is 11.7.